The van der Waals surface area contributed by atoms with Crippen LogP contribution in [0.25, 0.3) is 0 Å². The van der Waals surface area contributed by atoms with Gasteiger partial charge in [0.2, 0.25) is 0 Å². The number of nitro groups is 1. The van der Waals surface area contributed by atoms with Crippen LogP contribution in [0.4, 0.5) is 10.7 Å². The molecule has 0 fully saturated rings. The van der Waals surface area contributed by atoms with Gasteiger partial charge in [0.05, 0.1) is 4.92 Å². The fraction of sp³-hybridized carbons (Fsp3) is 0.286. The molecule has 0 aliphatic heterocycles. The standard InChI is InChI=1S/C14H17N3O2S/c1-16(2)9-11-4-3-5-13(6-11)15-8-12-7-14(17(18)19)20-10-12/h3-7,10,15H,8-9H2,1-2H3. The van der Waals surface area contributed by atoms with Crippen LogP contribution in [0.2, 0.25) is 0 Å². The number of nitrogens with zero attached hydrogens (tertiary/aromatic N) is 2. The van der Waals surface area contributed by atoms with Crippen LogP contribution in [0, 0.1) is 10.1 Å². The summed E-state index contributed by atoms with van der Waals surface area (Å²) in [6.45, 7) is 1.48. The third kappa shape index (κ3) is 4.04. The van der Waals surface area contributed by atoms with Gasteiger partial charge in [0, 0.05) is 30.2 Å². The topological polar surface area (TPSA) is 58.4 Å². The SMILES string of the molecule is CN(C)Cc1cccc(NCc2csc([N+](=O)[O-])c2)c1. The van der Waals surface area contributed by atoms with E-state index in [4.69, 9.17) is 0 Å². The Bertz CT molecular complexity index is 596. The zero-order valence-electron chi connectivity index (χ0n) is 11.5. The highest BCUT2D eigenvalue weighted by Crippen LogP contribution is 2.23. The number of benzene rings is 1. The molecule has 5 nitrogen and oxygen atoms in total. The van der Waals surface area contributed by atoms with E-state index in [0.717, 1.165) is 29.1 Å². The van der Waals surface area contributed by atoms with Crippen molar-refractivity contribution in [2.45, 2.75) is 13.1 Å². The summed E-state index contributed by atoms with van der Waals surface area (Å²) in [5, 5.41) is 15.9. The predicted octanol–water partition coefficient (Wildman–Crippen LogP) is 3.33. The Morgan fingerprint density at radius 3 is 2.75 bits per heavy atom. The van der Waals surface area contributed by atoms with Gasteiger partial charge in [-0.05, 0) is 37.4 Å². The normalized spacial score (nSPS) is 10.8. The van der Waals surface area contributed by atoms with Gasteiger partial charge in [-0.3, -0.25) is 10.1 Å². The monoisotopic (exact) mass is 291 g/mol. The van der Waals surface area contributed by atoms with Crippen molar-refractivity contribution in [2.75, 3.05) is 19.4 Å². The maximum Gasteiger partial charge on any atom is 0.324 e. The van der Waals surface area contributed by atoms with E-state index in [-0.39, 0.29) is 9.92 Å². The third-order valence-electron chi connectivity index (χ3n) is 2.74. The molecular weight excluding hydrogens is 274 g/mol. The van der Waals surface area contributed by atoms with E-state index in [1.807, 2.05) is 31.6 Å². The molecule has 1 aromatic carbocycles. The highest BCUT2D eigenvalue weighted by Gasteiger charge is 2.09. The van der Waals surface area contributed by atoms with Gasteiger partial charge in [-0.2, -0.15) is 0 Å². The maximum atomic E-state index is 10.6. The Hall–Kier alpha value is -1.92. The van der Waals surface area contributed by atoms with Gasteiger partial charge in [0.1, 0.15) is 0 Å². The first kappa shape index (κ1) is 14.5. The Balaban J connectivity index is 1.97. The van der Waals surface area contributed by atoms with Crippen molar-refractivity contribution < 1.29 is 4.92 Å². The average Bonchev–Trinajstić information content (AvgIpc) is 2.85. The minimum Gasteiger partial charge on any atom is -0.381 e. The number of rotatable bonds is 6. The second-order valence-electron chi connectivity index (χ2n) is 4.84. The van der Waals surface area contributed by atoms with Gasteiger partial charge in [-0.25, -0.2) is 0 Å². The molecule has 0 atom stereocenters. The first-order valence-electron chi connectivity index (χ1n) is 6.24. The van der Waals surface area contributed by atoms with Gasteiger partial charge in [0.25, 0.3) is 0 Å². The van der Waals surface area contributed by atoms with Crippen molar-refractivity contribution in [1.82, 2.24) is 4.90 Å². The van der Waals surface area contributed by atoms with E-state index in [9.17, 15) is 10.1 Å². The summed E-state index contributed by atoms with van der Waals surface area (Å²) >= 11 is 1.16. The van der Waals surface area contributed by atoms with Crippen LogP contribution in [0.3, 0.4) is 0 Å². The van der Waals surface area contributed by atoms with Crippen molar-refractivity contribution in [3.05, 3.63) is 57.0 Å². The van der Waals surface area contributed by atoms with Crippen molar-refractivity contribution >= 4 is 22.0 Å². The number of nitrogens with one attached hydrogen (secondary N) is 1. The molecule has 0 saturated carbocycles. The van der Waals surface area contributed by atoms with Crippen molar-refractivity contribution in [2.24, 2.45) is 0 Å². The van der Waals surface area contributed by atoms with Crippen LogP contribution < -0.4 is 5.32 Å². The van der Waals surface area contributed by atoms with E-state index in [0.29, 0.717) is 6.54 Å². The number of anilines is 1. The van der Waals surface area contributed by atoms with Crippen LogP contribution in [0.1, 0.15) is 11.1 Å². The summed E-state index contributed by atoms with van der Waals surface area (Å²) in [6.07, 6.45) is 0. The molecular formula is C14H17N3O2S. The second kappa shape index (κ2) is 6.49. The van der Waals surface area contributed by atoms with Crippen molar-refractivity contribution in [3.63, 3.8) is 0 Å². The molecule has 2 rings (SSSR count). The lowest BCUT2D eigenvalue weighted by molar-refractivity contribution is -0.380. The predicted molar refractivity (Wildman–Crippen MR) is 82.1 cm³/mol. The van der Waals surface area contributed by atoms with Crippen molar-refractivity contribution in [1.29, 1.82) is 0 Å². The molecule has 106 valence electrons. The average molecular weight is 291 g/mol. The van der Waals surface area contributed by atoms with Gasteiger partial charge >= 0.3 is 5.00 Å². The fourth-order valence-corrected chi connectivity index (χ4v) is 2.63. The first-order chi connectivity index (χ1) is 9.54. The molecule has 0 radical (unpaired) electrons. The minimum absolute atomic E-state index is 0.183. The van der Waals surface area contributed by atoms with Crippen molar-refractivity contribution in [3.8, 4) is 0 Å². The first-order valence-corrected chi connectivity index (χ1v) is 7.12. The van der Waals surface area contributed by atoms with Crippen LogP contribution in [-0.4, -0.2) is 23.9 Å². The Morgan fingerprint density at radius 1 is 1.30 bits per heavy atom. The third-order valence-corrected chi connectivity index (χ3v) is 3.67. The number of hydrogen-bond acceptors (Lipinski definition) is 5. The Labute approximate surface area is 122 Å². The summed E-state index contributed by atoms with van der Waals surface area (Å²) in [5.74, 6) is 0. The van der Waals surface area contributed by atoms with E-state index < -0.39 is 0 Å². The molecule has 0 bridgehead atoms. The largest absolute Gasteiger partial charge is 0.381 e. The highest BCUT2D eigenvalue weighted by atomic mass is 32.1. The van der Waals surface area contributed by atoms with E-state index in [1.165, 1.54) is 5.56 Å². The maximum absolute atomic E-state index is 10.6. The van der Waals surface area contributed by atoms with E-state index in [2.05, 4.69) is 22.3 Å². The molecule has 2 aromatic rings. The van der Waals surface area contributed by atoms with Gasteiger partial charge < -0.3 is 10.2 Å². The molecule has 0 saturated heterocycles. The summed E-state index contributed by atoms with van der Waals surface area (Å²) < 4.78 is 0. The molecule has 1 N–H and O–H groups in total. The zero-order valence-corrected chi connectivity index (χ0v) is 12.3. The summed E-state index contributed by atoms with van der Waals surface area (Å²) in [6, 6.07) is 9.81. The zero-order chi connectivity index (χ0) is 14.5. The lowest BCUT2D eigenvalue weighted by Gasteiger charge is -2.11. The lowest BCUT2D eigenvalue weighted by atomic mass is 10.2. The molecule has 20 heavy (non-hydrogen) atoms. The van der Waals surface area contributed by atoms with Gasteiger partial charge in [-0.15, -0.1) is 0 Å². The second-order valence-corrected chi connectivity index (χ2v) is 5.73. The molecule has 1 aromatic heterocycles. The molecule has 0 amide bonds. The highest BCUT2D eigenvalue weighted by molar-refractivity contribution is 7.13. The van der Waals surface area contributed by atoms with Crippen LogP contribution >= 0.6 is 11.3 Å². The van der Waals surface area contributed by atoms with Crippen LogP contribution in [0.15, 0.2) is 35.7 Å². The Kier molecular flexibility index (Phi) is 4.70. The van der Waals surface area contributed by atoms with E-state index >= 15 is 0 Å². The van der Waals surface area contributed by atoms with Crippen LogP contribution in [-0.2, 0) is 13.1 Å². The van der Waals surface area contributed by atoms with E-state index in [1.54, 1.807) is 6.07 Å². The quantitative estimate of drug-likeness (QED) is 0.655. The molecule has 1 heterocycles. The summed E-state index contributed by atoms with van der Waals surface area (Å²) in [4.78, 5) is 12.4. The summed E-state index contributed by atoms with van der Waals surface area (Å²) in [5.41, 5.74) is 3.19. The smallest absolute Gasteiger partial charge is 0.324 e. The minimum atomic E-state index is -0.355. The van der Waals surface area contributed by atoms with Gasteiger partial charge in [-0.1, -0.05) is 23.5 Å². The lowest BCUT2D eigenvalue weighted by Crippen LogP contribution is -2.10. The fourth-order valence-electron chi connectivity index (χ4n) is 1.90. The molecule has 0 aliphatic rings. The number of hydrogen-bond donors (Lipinski definition) is 1. The molecule has 6 heteroatoms. The molecule has 0 unspecified atom stereocenters. The molecule has 0 spiro atoms. The summed E-state index contributed by atoms with van der Waals surface area (Å²) in [7, 11) is 4.06. The molecule has 0 aliphatic carbocycles. The number of thiophene rings is 1. The Morgan fingerprint density at radius 2 is 2.10 bits per heavy atom. The van der Waals surface area contributed by atoms with Gasteiger partial charge in [0.15, 0.2) is 0 Å². The van der Waals surface area contributed by atoms with Crippen LogP contribution in [0.5, 0.6) is 0 Å².